The predicted octanol–water partition coefficient (Wildman–Crippen LogP) is 1.96. The smallest absolute Gasteiger partial charge is 0.255 e. The first kappa shape index (κ1) is 18.1. The van der Waals surface area contributed by atoms with Gasteiger partial charge in [-0.1, -0.05) is 6.07 Å². The Balaban J connectivity index is 2.31. The number of primary amides is 1. The van der Waals surface area contributed by atoms with E-state index in [2.05, 4.69) is 5.32 Å². The van der Waals surface area contributed by atoms with Crippen LogP contribution in [0.25, 0.3) is 0 Å². The van der Waals surface area contributed by atoms with Gasteiger partial charge in [-0.15, -0.1) is 0 Å². The number of anilines is 1. The van der Waals surface area contributed by atoms with Crippen LogP contribution in [0.1, 0.15) is 10.4 Å². The maximum Gasteiger partial charge on any atom is 0.255 e. The Labute approximate surface area is 143 Å². The Bertz CT molecular complexity index is 769. The van der Waals surface area contributed by atoms with E-state index in [-0.39, 0.29) is 29.4 Å². The molecule has 25 heavy (non-hydrogen) atoms. The van der Waals surface area contributed by atoms with Gasteiger partial charge < -0.3 is 25.3 Å². The number of amides is 2. The average Bonchev–Trinajstić information content (AvgIpc) is 2.58. The number of halogens is 1. The fourth-order valence-corrected chi connectivity index (χ4v) is 2.07. The van der Waals surface area contributed by atoms with Crippen molar-refractivity contribution in [1.29, 1.82) is 0 Å². The van der Waals surface area contributed by atoms with Crippen LogP contribution in [0.2, 0.25) is 0 Å². The molecule has 8 heteroatoms. The Morgan fingerprint density at radius 2 is 1.76 bits per heavy atom. The van der Waals surface area contributed by atoms with Crippen LogP contribution in [0, 0.1) is 5.82 Å². The van der Waals surface area contributed by atoms with Gasteiger partial charge in [-0.2, -0.15) is 0 Å². The third-order valence-electron chi connectivity index (χ3n) is 3.16. The number of carbonyl (C=O) groups is 2. The summed E-state index contributed by atoms with van der Waals surface area (Å²) in [5.41, 5.74) is 5.56. The first-order chi connectivity index (χ1) is 11.9. The van der Waals surface area contributed by atoms with Crippen LogP contribution in [-0.4, -0.2) is 32.6 Å². The molecular weight excluding hydrogens is 331 g/mol. The summed E-state index contributed by atoms with van der Waals surface area (Å²) in [6.45, 7) is -0.373. The number of carbonyl (C=O) groups excluding carboxylic acids is 2. The molecule has 0 fully saturated rings. The summed E-state index contributed by atoms with van der Waals surface area (Å²) in [7, 11) is 2.75. The zero-order valence-electron chi connectivity index (χ0n) is 13.7. The van der Waals surface area contributed by atoms with Gasteiger partial charge in [0.1, 0.15) is 5.82 Å². The normalized spacial score (nSPS) is 10.0. The lowest BCUT2D eigenvalue weighted by Crippen LogP contribution is -2.20. The third kappa shape index (κ3) is 4.60. The molecule has 0 aliphatic heterocycles. The molecule has 7 nitrogen and oxygen atoms in total. The molecule has 2 aromatic carbocycles. The van der Waals surface area contributed by atoms with Gasteiger partial charge in [0.05, 0.1) is 14.2 Å². The Morgan fingerprint density at radius 1 is 1.12 bits per heavy atom. The molecule has 0 saturated carbocycles. The molecule has 2 amide bonds. The summed E-state index contributed by atoms with van der Waals surface area (Å²) < 4.78 is 28.9. The minimum atomic E-state index is -0.669. The molecule has 0 aliphatic rings. The standard InChI is InChI=1S/C17H17FN2O5/c1-23-13-6-10(7-14(24-2)16(13)25-9-15(19)21)17(22)20-12-5-3-4-11(18)8-12/h3-8H,9H2,1-2H3,(H2,19,21)(H,20,22). The first-order valence-corrected chi connectivity index (χ1v) is 7.18. The summed E-state index contributed by atoms with van der Waals surface area (Å²) in [6.07, 6.45) is 0. The molecule has 0 radical (unpaired) electrons. The molecule has 0 aliphatic carbocycles. The quantitative estimate of drug-likeness (QED) is 0.797. The zero-order chi connectivity index (χ0) is 18.4. The van der Waals surface area contributed by atoms with Crippen molar-refractivity contribution in [1.82, 2.24) is 0 Å². The highest BCUT2D eigenvalue weighted by Gasteiger charge is 2.18. The largest absolute Gasteiger partial charge is 0.493 e. The second kappa shape index (κ2) is 8.00. The van der Waals surface area contributed by atoms with Crippen LogP contribution in [0.15, 0.2) is 36.4 Å². The fourth-order valence-electron chi connectivity index (χ4n) is 2.07. The Kier molecular flexibility index (Phi) is 5.78. The molecule has 0 aromatic heterocycles. The number of hydrogen-bond donors (Lipinski definition) is 2. The van der Waals surface area contributed by atoms with E-state index in [1.54, 1.807) is 6.07 Å². The first-order valence-electron chi connectivity index (χ1n) is 7.18. The summed E-state index contributed by atoms with van der Waals surface area (Å²) in [5, 5.41) is 2.57. The number of nitrogens with two attached hydrogens (primary N) is 1. The van der Waals surface area contributed by atoms with Crippen molar-refractivity contribution in [2.45, 2.75) is 0 Å². The minimum absolute atomic E-state index is 0.145. The van der Waals surface area contributed by atoms with Crippen molar-refractivity contribution in [3.05, 3.63) is 47.8 Å². The Hall–Kier alpha value is -3.29. The lowest BCUT2D eigenvalue weighted by Gasteiger charge is -2.15. The molecule has 0 unspecified atom stereocenters. The summed E-state index contributed by atoms with van der Waals surface area (Å²) in [4.78, 5) is 23.3. The fraction of sp³-hybridized carbons (Fsp3) is 0.176. The van der Waals surface area contributed by atoms with Crippen LogP contribution in [0.3, 0.4) is 0 Å². The van der Waals surface area contributed by atoms with Gasteiger partial charge in [-0.25, -0.2) is 4.39 Å². The van der Waals surface area contributed by atoms with Crippen LogP contribution in [0.5, 0.6) is 17.2 Å². The lowest BCUT2D eigenvalue weighted by molar-refractivity contribution is -0.120. The van der Waals surface area contributed by atoms with E-state index in [0.717, 1.165) is 0 Å². The maximum absolute atomic E-state index is 13.2. The molecule has 2 aromatic rings. The molecule has 0 heterocycles. The number of benzene rings is 2. The lowest BCUT2D eigenvalue weighted by atomic mass is 10.1. The molecule has 0 bridgehead atoms. The molecule has 0 saturated heterocycles. The predicted molar refractivity (Wildman–Crippen MR) is 88.6 cm³/mol. The SMILES string of the molecule is COc1cc(C(=O)Nc2cccc(F)c2)cc(OC)c1OCC(N)=O. The summed E-state index contributed by atoms with van der Waals surface area (Å²) in [5.74, 6) is -1.12. The van der Waals surface area contributed by atoms with Crippen LogP contribution in [0.4, 0.5) is 10.1 Å². The highest BCUT2D eigenvalue weighted by atomic mass is 19.1. The number of rotatable bonds is 7. The van der Waals surface area contributed by atoms with Crippen molar-refractivity contribution in [2.75, 3.05) is 26.1 Å². The summed E-state index contributed by atoms with van der Waals surface area (Å²) in [6, 6.07) is 8.32. The van der Waals surface area contributed by atoms with E-state index in [0.29, 0.717) is 5.69 Å². The van der Waals surface area contributed by atoms with Gasteiger partial charge in [0.15, 0.2) is 18.1 Å². The van der Waals surface area contributed by atoms with E-state index < -0.39 is 17.6 Å². The summed E-state index contributed by atoms with van der Waals surface area (Å²) >= 11 is 0. The molecule has 3 N–H and O–H groups in total. The monoisotopic (exact) mass is 348 g/mol. The molecule has 132 valence electrons. The highest BCUT2D eigenvalue weighted by molar-refractivity contribution is 6.05. The molecule has 2 rings (SSSR count). The van der Waals surface area contributed by atoms with Gasteiger partial charge in [0, 0.05) is 11.3 Å². The van der Waals surface area contributed by atoms with Crippen molar-refractivity contribution in [2.24, 2.45) is 5.73 Å². The molecular formula is C17H17FN2O5. The van der Waals surface area contributed by atoms with E-state index in [1.807, 2.05) is 0 Å². The van der Waals surface area contributed by atoms with Crippen molar-refractivity contribution in [3.63, 3.8) is 0 Å². The minimum Gasteiger partial charge on any atom is -0.493 e. The molecule has 0 spiro atoms. The van der Waals surface area contributed by atoms with E-state index >= 15 is 0 Å². The van der Waals surface area contributed by atoms with E-state index in [1.165, 1.54) is 44.6 Å². The maximum atomic E-state index is 13.2. The van der Waals surface area contributed by atoms with Gasteiger partial charge >= 0.3 is 0 Å². The number of nitrogens with one attached hydrogen (secondary N) is 1. The number of hydrogen-bond acceptors (Lipinski definition) is 5. The van der Waals surface area contributed by atoms with Gasteiger partial charge in [0.25, 0.3) is 11.8 Å². The number of ether oxygens (including phenoxy) is 3. The Morgan fingerprint density at radius 3 is 2.28 bits per heavy atom. The van der Waals surface area contributed by atoms with Crippen molar-refractivity contribution in [3.8, 4) is 17.2 Å². The van der Waals surface area contributed by atoms with Crippen molar-refractivity contribution >= 4 is 17.5 Å². The van der Waals surface area contributed by atoms with E-state index in [9.17, 15) is 14.0 Å². The second-order valence-corrected chi connectivity index (χ2v) is 4.93. The number of methoxy groups -OCH3 is 2. The zero-order valence-corrected chi connectivity index (χ0v) is 13.7. The van der Waals surface area contributed by atoms with Gasteiger partial charge in [-0.3, -0.25) is 9.59 Å². The van der Waals surface area contributed by atoms with Crippen LogP contribution < -0.4 is 25.3 Å². The van der Waals surface area contributed by atoms with Crippen LogP contribution >= 0.6 is 0 Å². The topological polar surface area (TPSA) is 99.9 Å². The molecule has 0 atom stereocenters. The van der Waals surface area contributed by atoms with Gasteiger partial charge in [-0.05, 0) is 30.3 Å². The second-order valence-electron chi connectivity index (χ2n) is 4.93. The third-order valence-corrected chi connectivity index (χ3v) is 3.16. The van der Waals surface area contributed by atoms with E-state index in [4.69, 9.17) is 19.9 Å². The van der Waals surface area contributed by atoms with Crippen LogP contribution in [-0.2, 0) is 4.79 Å². The van der Waals surface area contributed by atoms with Gasteiger partial charge in [0.2, 0.25) is 5.75 Å². The highest BCUT2D eigenvalue weighted by Crippen LogP contribution is 2.38. The average molecular weight is 348 g/mol. The van der Waals surface area contributed by atoms with Crippen molar-refractivity contribution < 1.29 is 28.2 Å².